The zero-order chi connectivity index (χ0) is 20.9. The number of fused-ring (bicyclic) bond motifs is 2. The zero-order valence-electron chi connectivity index (χ0n) is 16.3. The smallest absolute Gasteiger partial charge is 0.261 e. The highest BCUT2D eigenvalue weighted by Gasteiger charge is 2.22. The average Bonchev–Trinajstić information content (AvgIpc) is 3.30. The first kappa shape index (κ1) is 19.0. The SMILES string of the molecule is Cc1csc2nc(-c3ccc(NS(=O)(=O)c4ccc5c(c4)C(=O)CCC5)cc3)cn12. The molecule has 2 aromatic carbocycles. The molecule has 152 valence electrons. The molecule has 0 atom stereocenters. The third-order valence-corrected chi connectivity index (χ3v) is 7.70. The minimum absolute atomic E-state index is 0.00728. The Morgan fingerprint density at radius 2 is 1.90 bits per heavy atom. The van der Waals surface area contributed by atoms with Crippen molar-refractivity contribution in [3.05, 3.63) is 70.9 Å². The quantitative estimate of drug-likeness (QED) is 0.502. The van der Waals surface area contributed by atoms with Gasteiger partial charge in [-0.25, -0.2) is 13.4 Å². The second-order valence-corrected chi connectivity index (χ2v) is 9.95. The maximum atomic E-state index is 12.8. The summed E-state index contributed by atoms with van der Waals surface area (Å²) >= 11 is 1.58. The van der Waals surface area contributed by atoms with Gasteiger partial charge in [0.1, 0.15) is 0 Å². The second-order valence-electron chi connectivity index (χ2n) is 7.43. The minimum atomic E-state index is -3.79. The maximum Gasteiger partial charge on any atom is 0.261 e. The van der Waals surface area contributed by atoms with Crippen LogP contribution in [0.15, 0.2) is 58.9 Å². The third-order valence-electron chi connectivity index (χ3n) is 5.36. The molecule has 1 aliphatic rings. The summed E-state index contributed by atoms with van der Waals surface area (Å²) in [6.45, 7) is 2.03. The van der Waals surface area contributed by atoms with Gasteiger partial charge in [0.05, 0.1) is 10.6 Å². The molecule has 6 nitrogen and oxygen atoms in total. The fraction of sp³-hybridized carbons (Fsp3) is 0.182. The first-order valence-corrected chi connectivity index (χ1v) is 12.0. The number of carbonyl (C=O) groups is 1. The van der Waals surface area contributed by atoms with E-state index in [-0.39, 0.29) is 10.7 Å². The topological polar surface area (TPSA) is 80.5 Å². The van der Waals surface area contributed by atoms with E-state index in [4.69, 9.17) is 0 Å². The average molecular weight is 438 g/mol. The molecule has 0 radical (unpaired) electrons. The fourth-order valence-electron chi connectivity index (χ4n) is 3.73. The number of rotatable bonds is 4. The highest BCUT2D eigenvalue weighted by molar-refractivity contribution is 7.92. The number of hydrogen-bond acceptors (Lipinski definition) is 5. The molecule has 0 unspecified atom stereocenters. The van der Waals surface area contributed by atoms with Crippen LogP contribution < -0.4 is 4.72 Å². The molecule has 0 saturated carbocycles. The van der Waals surface area contributed by atoms with Crippen molar-refractivity contribution in [3.8, 4) is 11.3 Å². The number of benzene rings is 2. The zero-order valence-corrected chi connectivity index (χ0v) is 17.9. The Kier molecular flexibility index (Phi) is 4.48. The molecule has 0 aliphatic heterocycles. The van der Waals surface area contributed by atoms with Crippen LogP contribution in [0, 0.1) is 6.92 Å². The Bertz CT molecular complexity index is 1380. The molecule has 8 heteroatoms. The number of nitrogens with zero attached hydrogens (tertiary/aromatic N) is 2. The molecule has 30 heavy (non-hydrogen) atoms. The van der Waals surface area contributed by atoms with Crippen molar-refractivity contribution in [2.45, 2.75) is 31.1 Å². The first-order valence-electron chi connectivity index (χ1n) is 9.63. The van der Waals surface area contributed by atoms with Gasteiger partial charge in [0, 0.05) is 40.5 Å². The van der Waals surface area contributed by atoms with E-state index < -0.39 is 10.0 Å². The maximum absolute atomic E-state index is 12.8. The predicted molar refractivity (Wildman–Crippen MR) is 118 cm³/mol. The van der Waals surface area contributed by atoms with Crippen LogP contribution in [-0.2, 0) is 16.4 Å². The summed E-state index contributed by atoms with van der Waals surface area (Å²) in [4.78, 5) is 17.8. The number of hydrogen-bond donors (Lipinski definition) is 1. The van der Waals surface area contributed by atoms with Crippen molar-refractivity contribution in [3.63, 3.8) is 0 Å². The second kappa shape index (κ2) is 7.07. The normalized spacial score (nSPS) is 14.1. The standard InChI is InChI=1S/C22H19N3O3S2/c1-14-13-29-22-23-20(12-25(14)22)16-5-8-17(9-6-16)24-30(27,28)18-10-7-15-3-2-4-21(26)19(15)11-18/h5-13,24H,2-4H2,1H3. The summed E-state index contributed by atoms with van der Waals surface area (Å²) < 4.78 is 30.3. The molecule has 2 aromatic heterocycles. The van der Waals surface area contributed by atoms with E-state index in [0.29, 0.717) is 17.7 Å². The molecule has 0 fully saturated rings. The van der Waals surface area contributed by atoms with Crippen LogP contribution >= 0.6 is 11.3 Å². The van der Waals surface area contributed by atoms with Gasteiger partial charge in [-0.05, 0) is 49.6 Å². The summed E-state index contributed by atoms with van der Waals surface area (Å²) in [7, 11) is -3.79. The number of thiazole rings is 1. The summed E-state index contributed by atoms with van der Waals surface area (Å²) in [6.07, 6.45) is 4.07. The molecule has 0 bridgehead atoms. The van der Waals surface area contributed by atoms with Crippen LogP contribution in [0.3, 0.4) is 0 Å². The number of ketones is 1. The molecular formula is C22H19N3O3S2. The molecule has 2 heterocycles. The monoisotopic (exact) mass is 437 g/mol. The van der Waals surface area contributed by atoms with Crippen LogP contribution in [0.25, 0.3) is 16.2 Å². The third kappa shape index (κ3) is 3.32. The van der Waals surface area contributed by atoms with Crippen molar-refractivity contribution < 1.29 is 13.2 Å². The van der Waals surface area contributed by atoms with E-state index in [1.54, 1.807) is 35.6 Å². The van der Waals surface area contributed by atoms with Gasteiger partial charge in [-0.2, -0.15) is 0 Å². The van der Waals surface area contributed by atoms with Crippen molar-refractivity contribution in [2.24, 2.45) is 0 Å². The number of aromatic nitrogens is 2. The van der Waals surface area contributed by atoms with Crippen LogP contribution in [0.1, 0.15) is 34.5 Å². The lowest BCUT2D eigenvalue weighted by Gasteiger charge is -2.16. The molecule has 0 spiro atoms. The van der Waals surface area contributed by atoms with Crippen LogP contribution in [0.4, 0.5) is 5.69 Å². The van der Waals surface area contributed by atoms with E-state index >= 15 is 0 Å². The molecular weight excluding hydrogens is 418 g/mol. The summed E-state index contributed by atoms with van der Waals surface area (Å²) in [5, 5.41) is 2.05. The Labute approximate surface area is 178 Å². The summed E-state index contributed by atoms with van der Waals surface area (Å²) in [6, 6.07) is 11.9. The van der Waals surface area contributed by atoms with Gasteiger partial charge >= 0.3 is 0 Å². The fourth-order valence-corrected chi connectivity index (χ4v) is 5.67. The molecule has 4 aromatic rings. The van der Waals surface area contributed by atoms with Gasteiger partial charge in [0.15, 0.2) is 10.7 Å². The van der Waals surface area contributed by atoms with Gasteiger partial charge in [-0.1, -0.05) is 18.2 Å². The van der Waals surface area contributed by atoms with E-state index in [2.05, 4.69) is 15.1 Å². The lowest BCUT2D eigenvalue weighted by Crippen LogP contribution is -2.16. The van der Waals surface area contributed by atoms with Gasteiger partial charge in [-0.15, -0.1) is 11.3 Å². The number of aryl methyl sites for hydroxylation is 2. The van der Waals surface area contributed by atoms with Crippen molar-refractivity contribution >= 4 is 37.8 Å². The number of nitrogens with one attached hydrogen (secondary N) is 1. The van der Waals surface area contributed by atoms with E-state index in [1.807, 2.05) is 29.7 Å². The van der Waals surface area contributed by atoms with Gasteiger partial charge in [0.25, 0.3) is 10.0 Å². The van der Waals surface area contributed by atoms with E-state index in [9.17, 15) is 13.2 Å². The Hall–Kier alpha value is -2.97. The van der Waals surface area contributed by atoms with Gasteiger partial charge in [-0.3, -0.25) is 13.9 Å². The van der Waals surface area contributed by atoms with Gasteiger partial charge < -0.3 is 0 Å². The van der Waals surface area contributed by atoms with Gasteiger partial charge in [0.2, 0.25) is 0 Å². The summed E-state index contributed by atoms with van der Waals surface area (Å²) in [5.74, 6) is 0.00728. The van der Waals surface area contributed by atoms with Crippen molar-refractivity contribution in [1.29, 1.82) is 0 Å². The molecule has 1 N–H and O–H groups in total. The highest BCUT2D eigenvalue weighted by atomic mass is 32.2. The number of anilines is 1. The van der Waals surface area contributed by atoms with Crippen molar-refractivity contribution in [1.82, 2.24) is 9.38 Å². The largest absolute Gasteiger partial charge is 0.294 e. The van der Waals surface area contributed by atoms with Crippen molar-refractivity contribution in [2.75, 3.05) is 4.72 Å². The Balaban J connectivity index is 1.40. The number of carbonyl (C=O) groups excluding carboxylic acids is 1. The lowest BCUT2D eigenvalue weighted by atomic mass is 9.91. The summed E-state index contributed by atoms with van der Waals surface area (Å²) in [5.41, 5.74) is 4.78. The molecule has 0 saturated heterocycles. The minimum Gasteiger partial charge on any atom is -0.294 e. The van der Waals surface area contributed by atoms with Crippen LogP contribution in [0.5, 0.6) is 0 Å². The lowest BCUT2D eigenvalue weighted by molar-refractivity contribution is 0.0972. The number of sulfonamides is 1. The Morgan fingerprint density at radius 3 is 2.67 bits per heavy atom. The highest BCUT2D eigenvalue weighted by Crippen LogP contribution is 2.27. The number of imidazole rings is 1. The van der Waals surface area contributed by atoms with E-state index in [1.165, 1.54) is 6.07 Å². The molecule has 5 rings (SSSR count). The molecule has 1 aliphatic carbocycles. The van der Waals surface area contributed by atoms with E-state index in [0.717, 1.165) is 40.3 Å². The Morgan fingerprint density at radius 1 is 1.10 bits per heavy atom. The number of Topliss-reactive ketones (excluding diaryl/α,β-unsaturated/α-hetero) is 1. The first-order chi connectivity index (χ1) is 14.4. The van der Waals surface area contributed by atoms with Crippen LogP contribution in [-0.4, -0.2) is 23.6 Å². The predicted octanol–water partition coefficient (Wildman–Crippen LogP) is 4.69. The molecule has 0 amide bonds. The van der Waals surface area contributed by atoms with Crippen LogP contribution in [0.2, 0.25) is 0 Å².